The Kier molecular flexibility index (Phi) is 6.45. The zero-order chi connectivity index (χ0) is 30.0. The first-order valence-electron chi connectivity index (χ1n) is 13.4. The fourth-order valence-electron chi connectivity index (χ4n) is 6.42. The van der Waals surface area contributed by atoms with Crippen molar-refractivity contribution in [2.24, 2.45) is 5.92 Å². The summed E-state index contributed by atoms with van der Waals surface area (Å²) < 4.78 is 41.2. The number of ether oxygens (including phenoxy) is 7. The zero-order valence-corrected chi connectivity index (χ0v) is 23.7. The molecule has 0 radical (unpaired) electrons. The average molecular weight is 579 g/mol. The van der Waals surface area contributed by atoms with Crippen LogP contribution in [0.4, 0.5) is 0 Å². The predicted molar refractivity (Wildman–Crippen MR) is 144 cm³/mol. The van der Waals surface area contributed by atoms with Gasteiger partial charge in [-0.1, -0.05) is 25.1 Å². The van der Waals surface area contributed by atoms with Gasteiger partial charge in [0.25, 0.3) is 0 Å². The molecule has 5 atom stereocenters. The summed E-state index contributed by atoms with van der Waals surface area (Å²) in [5.41, 5.74) is -1.90. The molecular weight excluding hydrogens is 548 g/mol. The molecule has 1 spiro atoms. The van der Waals surface area contributed by atoms with Gasteiger partial charge in [0.1, 0.15) is 23.7 Å². The maximum atomic E-state index is 13.5. The molecule has 0 bridgehead atoms. The normalized spacial score (nSPS) is 28.9. The Morgan fingerprint density at radius 1 is 1.02 bits per heavy atom. The van der Waals surface area contributed by atoms with Gasteiger partial charge in [-0.15, -0.1) is 0 Å². The summed E-state index contributed by atoms with van der Waals surface area (Å²) in [5.74, 6) is -1.79. The van der Waals surface area contributed by atoms with Crippen molar-refractivity contribution in [2.45, 2.75) is 44.0 Å². The summed E-state index contributed by atoms with van der Waals surface area (Å²) >= 11 is 0. The first-order chi connectivity index (χ1) is 20.1. The van der Waals surface area contributed by atoms with E-state index in [2.05, 4.69) is 0 Å². The molecule has 0 fully saturated rings. The number of fused-ring (bicyclic) bond motifs is 2. The summed E-state index contributed by atoms with van der Waals surface area (Å²) in [6.07, 6.45) is -1.21. The van der Waals surface area contributed by atoms with E-state index in [0.717, 1.165) is 0 Å². The van der Waals surface area contributed by atoms with E-state index in [9.17, 15) is 19.5 Å². The minimum atomic E-state index is -1.88. The summed E-state index contributed by atoms with van der Waals surface area (Å²) in [7, 11) is 2.73. The Hall–Kier alpha value is -4.51. The SMILES string of the molecule is COC1=C(OC)C23COc4c5c(cc(c42)C(OC(=O)c2ccccc2)C(C)C(C)(O)C(OC(C)=O)C3=CC1=O)OCO5. The largest absolute Gasteiger partial charge is 0.496 e. The van der Waals surface area contributed by atoms with Gasteiger partial charge in [-0.05, 0) is 36.8 Å². The van der Waals surface area contributed by atoms with E-state index in [1.54, 1.807) is 43.3 Å². The van der Waals surface area contributed by atoms with Gasteiger partial charge in [-0.3, -0.25) is 9.59 Å². The molecule has 11 heteroatoms. The Morgan fingerprint density at radius 2 is 1.76 bits per heavy atom. The van der Waals surface area contributed by atoms with Crippen molar-refractivity contribution in [3.63, 3.8) is 0 Å². The fourth-order valence-corrected chi connectivity index (χ4v) is 6.42. The molecule has 4 aliphatic rings. The Morgan fingerprint density at radius 3 is 2.43 bits per heavy atom. The topological polar surface area (TPSA) is 136 Å². The lowest BCUT2D eigenvalue weighted by molar-refractivity contribution is -0.170. The number of ketones is 1. The maximum absolute atomic E-state index is 13.5. The Balaban J connectivity index is 1.69. The van der Waals surface area contributed by atoms with Gasteiger partial charge in [0.2, 0.25) is 24.1 Å². The summed E-state index contributed by atoms with van der Waals surface area (Å²) in [6, 6.07) is 10.1. The molecule has 220 valence electrons. The number of esters is 2. The van der Waals surface area contributed by atoms with Crippen molar-refractivity contribution in [1.82, 2.24) is 0 Å². The van der Waals surface area contributed by atoms with E-state index in [1.165, 1.54) is 34.1 Å². The van der Waals surface area contributed by atoms with Crippen molar-refractivity contribution in [1.29, 1.82) is 0 Å². The Labute approximate surface area is 241 Å². The van der Waals surface area contributed by atoms with Crippen LogP contribution >= 0.6 is 0 Å². The molecule has 1 N–H and O–H groups in total. The number of aliphatic hydroxyl groups is 1. The highest BCUT2D eigenvalue weighted by Gasteiger charge is 2.64. The second-order valence-corrected chi connectivity index (χ2v) is 10.8. The van der Waals surface area contributed by atoms with Crippen molar-refractivity contribution in [3.8, 4) is 17.2 Å². The van der Waals surface area contributed by atoms with Gasteiger partial charge < -0.3 is 38.3 Å². The zero-order valence-electron chi connectivity index (χ0n) is 23.7. The van der Waals surface area contributed by atoms with Crippen LogP contribution in [-0.2, 0) is 34.0 Å². The average Bonchev–Trinajstić information content (AvgIpc) is 3.60. The van der Waals surface area contributed by atoms with Crippen LogP contribution in [0.2, 0.25) is 0 Å². The monoisotopic (exact) mass is 578 g/mol. The highest BCUT2D eigenvalue weighted by Crippen LogP contribution is 2.63. The van der Waals surface area contributed by atoms with Crippen molar-refractivity contribution >= 4 is 17.7 Å². The first kappa shape index (κ1) is 27.6. The van der Waals surface area contributed by atoms with E-state index >= 15 is 0 Å². The van der Waals surface area contributed by atoms with E-state index in [0.29, 0.717) is 33.9 Å². The molecule has 0 aromatic heterocycles. The van der Waals surface area contributed by atoms with E-state index in [1.807, 2.05) is 0 Å². The van der Waals surface area contributed by atoms with E-state index in [4.69, 9.17) is 33.2 Å². The molecular formula is C31H30O11. The van der Waals surface area contributed by atoms with Crippen molar-refractivity contribution < 1.29 is 52.6 Å². The second-order valence-electron chi connectivity index (χ2n) is 10.8. The molecule has 5 unspecified atom stereocenters. The van der Waals surface area contributed by atoms with Crippen LogP contribution in [0.15, 0.2) is 59.6 Å². The number of allylic oxidation sites excluding steroid dienone is 1. The molecule has 2 heterocycles. The van der Waals surface area contributed by atoms with Crippen LogP contribution in [0, 0.1) is 5.92 Å². The lowest BCUT2D eigenvalue weighted by Crippen LogP contribution is -2.57. The Bertz CT molecular complexity index is 1550. The molecule has 0 amide bonds. The number of benzene rings is 2. The molecule has 2 aliphatic heterocycles. The van der Waals surface area contributed by atoms with Gasteiger partial charge >= 0.3 is 11.9 Å². The quantitative estimate of drug-likeness (QED) is 0.524. The number of methoxy groups -OCH3 is 2. The first-order valence-corrected chi connectivity index (χ1v) is 13.4. The van der Waals surface area contributed by atoms with Gasteiger partial charge in [0, 0.05) is 24.0 Å². The van der Waals surface area contributed by atoms with Crippen LogP contribution in [0.1, 0.15) is 48.4 Å². The molecule has 0 saturated carbocycles. The molecule has 2 aliphatic carbocycles. The van der Waals surface area contributed by atoms with Gasteiger partial charge in [-0.2, -0.15) is 0 Å². The number of carbonyl (C=O) groups is 3. The van der Waals surface area contributed by atoms with Gasteiger partial charge in [0.15, 0.2) is 23.4 Å². The van der Waals surface area contributed by atoms with Crippen LogP contribution in [0.5, 0.6) is 17.2 Å². The van der Waals surface area contributed by atoms with E-state index < -0.39 is 46.9 Å². The highest BCUT2D eigenvalue weighted by atomic mass is 16.7. The van der Waals surface area contributed by atoms with Crippen LogP contribution in [0.3, 0.4) is 0 Å². The summed E-state index contributed by atoms with van der Waals surface area (Å²) in [5, 5.41) is 12.3. The standard InChI is InChI=1S/C31H30O11/c1-15-23(42-29(34)17-9-7-6-8-10-17)18-11-21-25(40-14-39-21)26-22(18)31(13-38-26)19(27(30(15,3)35)41-16(2)32)12-20(33)24(36-4)28(31)37-5/h6-12,15,23,27,35H,13-14H2,1-5H3. The molecule has 6 rings (SSSR count). The number of hydrogen-bond donors (Lipinski definition) is 1. The van der Waals surface area contributed by atoms with Crippen LogP contribution in [-0.4, -0.2) is 62.2 Å². The molecule has 42 heavy (non-hydrogen) atoms. The minimum Gasteiger partial charge on any atom is -0.496 e. The van der Waals surface area contributed by atoms with Gasteiger partial charge in [-0.25, -0.2) is 4.79 Å². The highest BCUT2D eigenvalue weighted by molar-refractivity contribution is 6.06. The third kappa shape index (κ3) is 3.79. The smallest absolute Gasteiger partial charge is 0.338 e. The molecule has 2 aromatic carbocycles. The summed E-state index contributed by atoms with van der Waals surface area (Å²) in [6.45, 7) is 4.16. The maximum Gasteiger partial charge on any atom is 0.338 e. The lowest BCUT2D eigenvalue weighted by Gasteiger charge is -2.49. The van der Waals surface area contributed by atoms with Gasteiger partial charge in [0.05, 0.1) is 19.8 Å². The molecule has 0 saturated heterocycles. The van der Waals surface area contributed by atoms with Crippen molar-refractivity contribution in [2.75, 3.05) is 27.6 Å². The fraction of sp³-hybridized carbons (Fsp3) is 0.387. The molecule has 2 aromatic rings. The van der Waals surface area contributed by atoms with Crippen LogP contribution in [0.25, 0.3) is 0 Å². The molecule has 11 nitrogen and oxygen atoms in total. The third-order valence-electron chi connectivity index (χ3n) is 8.54. The second kappa shape index (κ2) is 9.80. The number of carbonyl (C=O) groups excluding carboxylic acids is 3. The number of rotatable bonds is 5. The predicted octanol–water partition coefficient (Wildman–Crippen LogP) is 3.29. The summed E-state index contributed by atoms with van der Waals surface area (Å²) in [4.78, 5) is 39.4. The number of hydrogen-bond acceptors (Lipinski definition) is 11. The van der Waals surface area contributed by atoms with Crippen molar-refractivity contribution in [3.05, 3.63) is 76.3 Å². The minimum absolute atomic E-state index is 0.0725. The van der Waals surface area contributed by atoms with Crippen LogP contribution < -0.4 is 14.2 Å². The third-order valence-corrected chi connectivity index (χ3v) is 8.54. The lowest BCUT2D eigenvalue weighted by atomic mass is 9.60. The van der Waals surface area contributed by atoms with E-state index in [-0.39, 0.29) is 30.5 Å².